The topological polar surface area (TPSA) is 55.6 Å². The van der Waals surface area contributed by atoms with Gasteiger partial charge in [0, 0.05) is 33.2 Å². The summed E-state index contributed by atoms with van der Waals surface area (Å²) < 4.78 is 5.11. The number of carbonyl (C=O) groups excluding carboxylic acids is 1. The molecule has 0 aromatic carbocycles. The quantitative estimate of drug-likeness (QED) is 0.706. The largest absolute Gasteiger partial charge is 0.384 e. The highest BCUT2D eigenvalue weighted by Crippen LogP contribution is 2.16. The summed E-state index contributed by atoms with van der Waals surface area (Å²) in [7, 11) is 1.71. The molecule has 1 saturated heterocycles. The first-order valence-corrected chi connectivity index (χ1v) is 5.24. The molecule has 82 valence electrons. The molecule has 0 aromatic rings. The lowest BCUT2D eigenvalue weighted by Gasteiger charge is -2.32. The predicted molar refractivity (Wildman–Crippen MR) is 54.9 cm³/mol. The summed E-state index contributed by atoms with van der Waals surface area (Å²) in [4.78, 5) is 13.5. The van der Waals surface area contributed by atoms with Gasteiger partial charge in [-0.3, -0.25) is 4.79 Å². The Hall–Kier alpha value is -0.610. The Morgan fingerprint density at radius 1 is 1.64 bits per heavy atom. The van der Waals surface area contributed by atoms with E-state index in [1.165, 1.54) is 6.42 Å². The number of carbonyl (C=O) groups is 1. The SMILES string of the molecule is COC[C@@H]1CCCN(C(=O)CCN)C1. The number of nitrogens with zero attached hydrogens (tertiary/aromatic N) is 1. The maximum atomic E-state index is 11.6. The highest BCUT2D eigenvalue weighted by molar-refractivity contribution is 5.76. The number of hydrogen-bond donors (Lipinski definition) is 1. The summed E-state index contributed by atoms with van der Waals surface area (Å²) in [6, 6.07) is 0. The zero-order chi connectivity index (χ0) is 10.4. The average molecular weight is 200 g/mol. The molecule has 14 heavy (non-hydrogen) atoms. The third kappa shape index (κ3) is 3.27. The van der Waals surface area contributed by atoms with E-state index in [1.807, 2.05) is 4.90 Å². The fraction of sp³-hybridized carbons (Fsp3) is 0.900. The van der Waals surface area contributed by atoms with Crippen molar-refractivity contribution in [1.82, 2.24) is 4.90 Å². The lowest BCUT2D eigenvalue weighted by atomic mass is 9.99. The minimum Gasteiger partial charge on any atom is -0.384 e. The molecule has 1 aliphatic heterocycles. The fourth-order valence-electron chi connectivity index (χ4n) is 1.94. The van der Waals surface area contributed by atoms with Crippen LogP contribution in [0.1, 0.15) is 19.3 Å². The summed E-state index contributed by atoms with van der Waals surface area (Å²) in [5, 5.41) is 0. The lowest BCUT2D eigenvalue weighted by molar-refractivity contribution is -0.133. The standard InChI is InChI=1S/C10H20N2O2/c1-14-8-9-3-2-6-12(7-9)10(13)4-5-11/h9H,2-8,11H2,1H3/t9-/m1/s1. The van der Waals surface area contributed by atoms with Gasteiger partial charge in [-0.05, 0) is 18.8 Å². The van der Waals surface area contributed by atoms with Crippen molar-refractivity contribution >= 4 is 5.91 Å². The summed E-state index contributed by atoms with van der Waals surface area (Å²) in [5.41, 5.74) is 5.36. The van der Waals surface area contributed by atoms with E-state index >= 15 is 0 Å². The number of methoxy groups -OCH3 is 1. The van der Waals surface area contributed by atoms with Gasteiger partial charge >= 0.3 is 0 Å². The van der Waals surface area contributed by atoms with Crippen LogP contribution in [0.2, 0.25) is 0 Å². The van der Waals surface area contributed by atoms with E-state index in [0.717, 1.165) is 26.1 Å². The molecule has 4 heteroatoms. The molecule has 1 heterocycles. The molecule has 0 unspecified atom stereocenters. The molecule has 1 amide bonds. The number of nitrogens with two attached hydrogens (primary N) is 1. The Morgan fingerprint density at radius 3 is 3.07 bits per heavy atom. The Morgan fingerprint density at radius 2 is 2.43 bits per heavy atom. The molecule has 0 aliphatic carbocycles. The molecular weight excluding hydrogens is 180 g/mol. The third-order valence-corrected chi connectivity index (χ3v) is 2.63. The van der Waals surface area contributed by atoms with Crippen LogP contribution in [0, 0.1) is 5.92 Å². The Labute approximate surface area is 85.4 Å². The van der Waals surface area contributed by atoms with Crippen LogP contribution >= 0.6 is 0 Å². The number of amides is 1. The maximum absolute atomic E-state index is 11.6. The Kier molecular flexibility index (Phi) is 4.90. The van der Waals surface area contributed by atoms with Gasteiger partial charge in [0.15, 0.2) is 0 Å². The zero-order valence-electron chi connectivity index (χ0n) is 8.87. The smallest absolute Gasteiger partial charge is 0.223 e. The summed E-state index contributed by atoms with van der Waals surface area (Å²) in [6.07, 6.45) is 2.73. The molecule has 4 nitrogen and oxygen atoms in total. The first-order chi connectivity index (χ1) is 6.77. The van der Waals surface area contributed by atoms with Crippen LogP contribution in [0.3, 0.4) is 0 Å². The van der Waals surface area contributed by atoms with E-state index in [4.69, 9.17) is 10.5 Å². The van der Waals surface area contributed by atoms with Crippen LogP contribution in [0.4, 0.5) is 0 Å². The molecule has 1 rings (SSSR count). The molecule has 1 atom stereocenters. The van der Waals surface area contributed by atoms with E-state index in [9.17, 15) is 4.79 Å². The number of hydrogen-bond acceptors (Lipinski definition) is 3. The summed E-state index contributed by atoms with van der Waals surface area (Å²) in [5.74, 6) is 0.698. The average Bonchev–Trinajstić information content (AvgIpc) is 2.19. The number of rotatable bonds is 4. The second-order valence-electron chi connectivity index (χ2n) is 3.84. The zero-order valence-corrected chi connectivity index (χ0v) is 8.87. The number of likely N-dealkylation sites (tertiary alicyclic amines) is 1. The second-order valence-corrected chi connectivity index (χ2v) is 3.84. The van der Waals surface area contributed by atoms with E-state index in [1.54, 1.807) is 7.11 Å². The van der Waals surface area contributed by atoms with E-state index in [0.29, 0.717) is 18.9 Å². The van der Waals surface area contributed by atoms with Crippen LogP contribution in [0.25, 0.3) is 0 Å². The highest BCUT2D eigenvalue weighted by atomic mass is 16.5. The van der Waals surface area contributed by atoms with Gasteiger partial charge in [0.2, 0.25) is 5.91 Å². The van der Waals surface area contributed by atoms with Crippen molar-refractivity contribution in [3.05, 3.63) is 0 Å². The van der Waals surface area contributed by atoms with Crippen LogP contribution in [-0.2, 0) is 9.53 Å². The first kappa shape index (κ1) is 11.5. The van der Waals surface area contributed by atoms with Gasteiger partial charge in [-0.2, -0.15) is 0 Å². The van der Waals surface area contributed by atoms with Crippen LogP contribution in [0.15, 0.2) is 0 Å². The van der Waals surface area contributed by atoms with Crippen molar-refractivity contribution in [1.29, 1.82) is 0 Å². The predicted octanol–water partition coefficient (Wildman–Crippen LogP) is 0.220. The van der Waals surface area contributed by atoms with Gasteiger partial charge in [0.25, 0.3) is 0 Å². The van der Waals surface area contributed by atoms with Crippen molar-refractivity contribution in [3.63, 3.8) is 0 Å². The highest BCUT2D eigenvalue weighted by Gasteiger charge is 2.22. The fourth-order valence-corrected chi connectivity index (χ4v) is 1.94. The van der Waals surface area contributed by atoms with Gasteiger partial charge in [-0.1, -0.05) is 0 Å². The molecular formula is C10H20N2O2. The number of piperidine rings is 1. The van der Waals surface area contributed by atoms with Crippen LogP contribution < -0.4 is 5.73 Å². The molecule has 0 radical (unpaired) electrons. The van der Waals surface area contributed by atoms with E-state index in [-0.39, 0.29) is 5.91 Å². The minimum atomic E-state index is 0.188. The maximum Gasteiger partial charge on any atom is 0.223 e. The van der Waals surface area contributed by atoms with Crippen LogP contribution in [-0.4, -0.2) is 44.2 Å². The summed E-state index contributed by atoms with van der Waals surface area (Å²) in [6.45, 7) is 2.93. The lowest BCUT2D eigenvalue weighted by Crippen LogP contribution is -2.41. The third-order valence-electron chi connectivity index (χ3n) is 2.63. The van der Waals surface area contributed by atoms with Gasteiger partial charge in [-0.25, -0.2) is 0 Å². The van der Waals surface area contributed by atoms with E-state index in [2.05, 4.69) is 0 Å². The van der Waals surface area contributed by atoms with Crippen molar-refractivity contribution in [2.24, 2.45) is 11.7 Å². The molecule has 1 fully saturated rings. The Bertz CT molecular complexity index is 183. The molecule has 0 spiro atoms. The van der Waals surface area contributed by atoms with Crippen molar-refractivity contribution in [2.45, 2.75) is 19.3 Å². The molecule has 2 N–H and O–H groups in total. The van der Waals surface area contributed by atoms with Crippen molar-refractivity contribution in [2.75, 3.05) is 33.4 Å². The van der Waals surface area contributed by atoms with Crippen LogP contribution in [0.5, 0.6) is 0 Å². The van der Waals surface area contributed by atoms with E-state index < -0.39 is 0 Å². The summed E-state index contributed by atoms with van der Waals surface area (Å²) >= 11 is 0. The molecule has 0 aromatic heterocycles. The molecule has 0 saturated carbocycles. The van der Waals surface area contributed by atoms with Crippen molar-refractivity contribution in [3.8, 4) is 0 Å². The van der Waals surface area contributed by atoms with Gasteiger partial charge in [0.1, 0.15) is 0 Å². The minimum absolute atomic E-state index is 0.188. The van der Waals surface area contributed by atoms with Gasteiger partial charge in [-0.15, -0.1) is 0 Å². The van der Waals surface area contributed by atoms with Crippen molar-refractivity contribution < 1.29 is 9.53 Å². The Balaban J connectivity index is 2.35. The second kappa shape index (κ2) is 5.98. The normalized spacial score (nSPS) is 22.4. The molecule has 1 aliphatic rings. The van der Waals surface area contributed by atoms with Gasteiger partial charge in [0.05, 0.1) is 6.61 Å². The molecule has 0 bridgehead atoms. The number of ether oxygens (including phenoxy) is 1. The van der Waals surface area contributed by atoms with Gasteiger partial charge < -0.3 is 15.4 Å². The monoisotopic (exact) mass is 200 g/mol. The first-order valence-electron chi connectivity index (χ1n) is 5.24.